The molecule has 90 valence electrons. The summed E-state index contributed by atoms with van der Waals surface area (Å²) >= 11 is 0. The van der Waals surface area contributed by atoms with E-state index in [2.05, 4.69) is 4.98 Å². The molecule has 3 N–H and O–H groups in total. The Bertz CT molecular complexity index is 827. The van der Waals surface area contributed by atoms with Crippen molar-refractivity contribution in [2.24, 2.45) is 0 Å². The van der Waals surface area contributed by atoms with E-state index in [0.717, 1.165) is 0 Å². The summed E-state index contributed by atoms with van der Waals surface area (Å²) in [5.41, 5.74) is 6.25. The van der Waals surface area contributed by atoms with Crippen LogP contribution in [0.5, 0.6) is 0 Å². The summed E-state index contributed by atoms with van der Waals surface area (Å²) in [7, 11) is 0. The number of nitrogens with two attached hydrogens (primary N) is 1. The topological polar surface area (TPSA) is 85.3 Å². The van der Waals surface area contributed by atoms with E-state index in [9.17, 15) is 9.59 Å². The van der Waals surface area contributed by atoms with Gasteiger partial charge in [-0.1, -0.05) is 18.2 Å². The van der Waals surface area contributed by atoms with Gasteiger partial charge in [-0.2, -0.15) is 0 Å². The van der Waals surface area contributed by atoms with Gasteiger partial charge in [0.15, 0.2) is 0 Å². The van der Waals surface area contributed by atoms with Gasteiger partial charge in [0.1, 0.15) is 11.5 Å². The molecule has 0 unspecified atom stereocenters. The number of hydrogen-bond acceptors (Lipinski definition) is 3. The maximum Gasteiger partial charge on any atom is 0.273 e. The minimum atomic E-state index is -0.335. The van der Waals surface area contributed by atoms with Gasteiger partial charge in [0.05, 0.1) is 5.69 Å². The third kappa shape index (κ3) is 1.43. The maximum atomic E-state index is 12.0. The molecule has 18 heavy (non-hydrogen) atoms. The Hall–Kier alpha value is -2.76. The molecule has 0 aliphatic carbocycles. The van der Waals surface area contributed by atoms with Crippen LogP contribution in [-0.4, -0.2) is 14.2 Å². The maximum absolute atomic E-state index is 12.0. The summed E-state index contributed by atoms with van der Waals surface area (Å²) in [5, 5.41) is 0. The molecule has 3 rings (SSSR count). The SMILES string of the molecule is Nc1cc(=O)[nH]c2cc(=O)n(-c3ccccc3)n12. The summed E-state index contributed by atoms with van der Waals surface area (Å²) in [6, 6.07) is 11.7. The normalized spacial score (nSPS) is 10.9. The number of H-pyrrole nitrogens is 1. The predicted molar refractivity (Wildman–Crippen MR) is 68.0 cm³/mol. The number of nitrogens with zero attached hydrogens (tertiary/aromatic N) is 2. The standard InChI is InChI=1S/C12H10N4O2/c13-9-6-11(17)14-10-7-12(18)15(16(9)10)8-4-2-1-3-5-8/h1-7H,13H2,(H,14,17). The first-order valence-corrected chi connectivity index (χ1v) is 5.36. The van der Waals surface area contributed by atoms with Gasteiger partial charge >= 0.3 is 0 Å². The van der Waals surface area contributed by atoms with Gasteiger partial charge in [0.2, 0.25) is 0 Å². The van der Waals surface area contributed by atoms with E-state index in [1.807, 2.05) is 18.2 Å². The monoisotopic (exact) mass is 242 g/mol. The van der Waals surface area contributed by atoms with Crippen molar-refractivity contribution in [2.75, 3.05) is 5.73 Å². The van der Waals surface area contributed by atoms with Crippen molar-refractivity contribution >= 4 is 11.5 Å². The number of nitrogen functional groups attached to an aromatic ring is 1. The van der Waals surface area contributed by atoms with Crippen molar-refractivity contribution in [3.63, 3.8) is 0 Å². The number of aromatic nitrogens is 3. The van der Waals surface area contributed by atoms with Gasteiger partial charge in [0.25, 0.3) is 11.1 Å². The van der Waals surface area contributed by atoms with Gasteiger partial charge < -0.3 is 10.7 Å². The summed E-state index contributed by atoms with van der Waals surface area (Å²) in [6.07, 6.45) is 0. The molecule has 6 heteroatoms. The molecule has 0 bridgehead atoms. The molecule has 1 aromatic carbocycles. The van der Waals surface area contributed by atoms with Crippen molar-refractivity contribution in [3.05, 3.63) is 63.2 Å². The average Bonchev–Trinajstić information content (AvgIpc) is 2.66. The van der Waals surface area contributed by atoms with E-state index in [4.69, 9.17) is 5.73 Å². The van der Waals surface area contributed by atoms with Gasteiger partial charge in [-0.15, -0.1) is 0 Å². The number of hydrogen-bond donors (Lipinski definition) is 2. The van der Waals surface area contributed by atoms with E-state index < -0.39 is 0 Å². The molecule has 0 saturated carbocycles. The molecular formula is C12H10N4O2. The molecule has 2 heterocycles. The summed E-state index contributed by atoms with van der Waals surface area (Å²) < 4.78 is 2.87. The Balaban J connectivity index is 2.47. The van der Waals surface area contributed by atoms with Crippen LogP contribution in [0.25, 0.3) is 11.3 Å². The molecule has 0 saturated heterocycles. The zero-order valence-corrected chi connectivity index (χ0v) is 9.33. The number of nitrogens with one attached hydrogen (secondary N) is 1. The fourth-order valence-electron chi connectivity index (χ4n) is 1.96. The number of aromatic amines is 1. The van der Waals surface area contributed by atoms with Crippen LogP contribution in [0.4, 0.5) is 5.82 Å². The largest absolute Gasteiger partial charge is 0.383 e. The van der Waals surface area contributed by atoms with Crippen LogP contribution in [0.3, 0.4) is 0 Å². The quantitative estimate of drug-likeness (QED) is 0.646. The molecule has 2 aromatic heterocycles. The minimum Gasteiger partial charge on any atom is -0.383 e. The first-order chi connectivity index (χ1) is 8.66. The van der Waals surface area contributed by atoms with Crippen LogP contribution in [0, 0.1) is 0 Å². The number of fused-ring (bicyclic) bond motifs is 1. The van der Waals surface area contributed by atoms with E-state index in [0.29, 0.717) is 11.3 Å². The molecule has 6 nitrogen and oxygen atoms in total. The van der Waals surface area contributed by atoms with Crippen molar-refractivity contribution in [1.82, 2.24) is 14.2 Å². The molecule has 0 aliphatic rings. The third-order valence-electron chi connectivity index (χ3n) is 2.67. The summed E-state index contributed by atoms with van der Waals surface area (Å²) in [4.78, 5) is 25.8. The summed E-state index contributed by atoms with van der Waals surface area (Å²) in [6.45, 7) is 0. The number of anilines is 1. The molecule has 0 spiro atoms. The lowest BCUT2D eigenvalue weighted by Gasteiger charge is -2.07. The van der Waals surface area contributed by atoms with E-state index in [1.165, 1.54) is 21.3 Å². The van der Waals surface area contributed by atoms with Crippen molar-refractivity contribution in [1.29, 1.82) is 0 Å². The fraction of sp³-hybridized carbons (Fsp3) is 0. The van der Waals surface area contributed by atoms with Gasteiger partial charge in [-0.25, -0.2) is 9.20 Å². The van der Waals surface area contributed by atoms with Crippen LogP contribution in [0.15, 0.2) is 52.1 Å². The molecule has 0 amide bonds. The Morgan fingerprint density at radius 1 is 1.06 bits per heavy atom. The number of para-hydroxylation sites is 1. The second-order valence-electron chi connectivity index (χ2n) is 3.89. The van der Waals surface area contributed by atoms with Crippen LogP contribution < -0.4 is 16.9 Å². The first-order valence-electron chi connectivity index (χ1n) is 5.36. The second kappa shape index (κ2) is 3.63. The fourth-order valence-corrected chi connectivity index (χ4v) is 1.96. The smallest absolute Gasteiger partial charge is 0.273 e. The molecule has 3 aromatic rings. The summed E-state index contributed by atoms with van der Waals surface area (Å²) in [5.74, 6) is 0.208. The Morgan fingerprint density at radius 2 is 1.78 bits per heavy atom. The van der Waals surface area contributed by atoms with Gasteiger partial charge in [-0.3, -0.25) is 9.59 Å². The molecular weight excluding hydrogens is 232 g/mol. The highest BCUT2D eigenvalue weighted by atomic mass is 16.1. The number of benzene rings is 1. The van der Waals surface area contributed by atoms with Crippen LogP contribution in [-0.2, 0) is 0 Å². The van der Waals surface area contributed by atoms with E-state index in [-0.39, 0.29) is 16.9 Å². The second-order valence-corrected chi connectivity index (χ2v) is 3.89. The molecule has 0 radical (unpaired) electrons. The first kappa shape index (κ1) is 10.4. The highest BCUT2D eigenvalue weighted by Gasteiger charge is 2.10. The molecule has 0 atom stereocenters. The molecule has 0 fully saturated rings. The van der Waals surface area contributed by atoms with Crippen LogP contribution in [0.1, 0.15) is 0 Å². The zero-order chi connectivity index (χ0) is 12.7. The highest BCUT2D eigenvalue weighted by molar-refractivity contribution is 5.47. The van der Waals surface area contributed by atoms with E-state index in [1.54, 1.807) is 12.1 Å². The lowest BCUT2D eigenvalue weighted by Crippen LogP contribution is -2.20. The Kier molecular flexibility index (Phi) is 2.09. The van der Waals surface area contributed by atoms with Crippen molar-refractivity contribution in [3.8, 4) is 5.69 Å². The van der Waals surface area contributed by atoms with Crippen molar-refractivity contribution < 1.29 is 0 Å². The van der Waals surface area contributed by atoms with Gasteiger partial charge in [0, 0.05) is 12.1 Å². The lowest BCUT2D eigenvalue weighted by molar-refractivity contribution is 0.772. The Morgan fingerprint density at radius 3 is 2.50 bits per heavy atom. The number of rotatable bonds is 1. The Labute approximate surface area is 101 Å². The van der Waals surface area contributed by atoms with Crippen LogP contribution >= 0.6 is 0 Å². The van der Waals surface area contributed by atoms with E-state index >= 15 is 0 Å². The third-order valence-corrected chi connectivity index (χ3v) is 2.67. The highest BCUT2D eigenvalue weighted by Crippen LogP contribution is 2.09. The predicted octanol–water partition coefficient (Wildman–Crippen LogP) is 0.361. The lowest BCUT2D eigenvalue weighted by atomic mass is 10.3. The van der Waals surface area contributed by atoms with Gasteiger partial charge in [-0.05, 0) is 12.1 Å². The zero-order valence-electron chi connectivity index (χ0n) is 9.33. The van der Waals surface area contributed by atoms with Crippen molar-refractivity contribution in [2.45, 2.75) is 0 Å². The molecule has 0 aliphatic heterocycles. The minimum absolute atomic E-state index is 0.208. The average molecular weight is 242 g/mol. The van der Waals surface area contributed by atoms with Crippen LogP contribution in [0.2, 0.25) is 0 Å².